The number of aliphatic hydroxyl groups is 1. The van der Waals surface area contributed by atoms with Crippen molar-refractivity contribution in [2.45, 2.75) is 56.8 Å². The lowest BCUT2D eigenvalue weighted by atomic mass is 9.81. The van der Waals surface area contributed by atoms with Crippen molar-refractivity contribution >= 4 is 23.0 Å². The number of aryl methyl sites for hydroxylation is 1. The van der Waals surface area contributed by atoms with Crippen molar-refractivity contribution in [2.75, 3.05) is 11.9 Å². The average Bonchev–Trinajstić information content (AvgIpc) is 3.49. The van der Waals surface area contributed by atoms with Crippen LogP contribution in [0.4, 0.5) is 11.6 Å². The largest absolute Gasteiger partial charge is 0.474 e. The lowest BCUT2D eigenvalue weighted by molar-refractivity contribution is -0.0389. The molecule has 3 N–H and O–H groups in total. The summed E-state index contributed by atoms with van der Waals surface area (Å²) in [6.07, 6.45) is 8.75. The second-order valence-corrected chi connectivity index (χ2v) is 10.4. The molecule has 1 saturated heterocycles. The minimum Gasteiger partial charge on any atom is -0.474 e. The molecule has 3 aliphatic rings. The number of hydrogen-bond acceptors (Lipinski definition) is 8. The van der Waals surface area contributed by atoms with Crippen LogP contribution in [0.5, 0.6) is 5.88 Å². The predicted molar refractivity (Wildman–Crippen MR) is 124 cm³/mol. The third-order valence-electron chi connectivity index (χ3n) is 6.90. The van der Waals surface area contributed by atoms with Crippen LogP contribution in [0.15, 0.2) is 36.7 Å². The molecular formula is C24H27N5O2S. The van der Waals surface area contributed by atoms with E-state index in [1.54, 1.807) is 17.5 Å². The highest BCUT2D eigenvalue weighted by atomic mass is 32.1. The van der Waals surface area contributed by atoms with Crippen LogP contribution in [0.3, 0.4) is 0 Å². The molecule has 2 aliphatic carbocycles. The van der Waals surface area contributed by atoms with Gasteiger partial charge in [-0.2, -0.15) is 4.98 Å². The van der Waals surface area contributed by atoms with Crippen LogP contribution in [0.1, 0.15) is 42.7 Å². The van der Waals surface area contributed by atoms with Crippen molar-refractivity contribution < 1.29 is 9.84 Å². The number of aromatic nitrogens is 3. The van der Waals surface area contributed by atoms with Gasteiger partial charge in [-0.1, -0.05) is 6.07 Å². The Morgan fingerprint density at radius 1 is 1.22 bits per heavy atom. The number of thiazole rings is 1. The van der Waals surface area contributed by atoms with Gasteiger partial charge < -0.3 is 20.5 Å². The second kappa shape index (κ2) is 7.79. The van der Waals surface area contributed by atoms with Gasteiger partial charge in [0.25, 0.3) is 0 Å². The molecule has 3 fully saturated rings. The number of ether oxygens (including phenoxy) is 1. The molecule has 2 saturated carbocycles. The van der Waals surface area contributed by atoms with Gasteiger partial charge in [0.05, 0.1) is 4.88 Å². The van der Waals surface area contributed by atoms with Crippen LogP contribution in [0.2, 0.25) is 0 Å². The number of nitrogens with zero attached hydrogens (tertiary/aromatic N) is 3. The monoisotopic (exact) mass is 449 g/mol. The number of rotatable bonds is 6. The number of anilines is 2. The Hall–Kier alpha value is -2.55. The van der Waals surface area contributed by atoms with E-state index in [-0.39, 0.29) is 6.10 Å². The molecule has 3 heterocycles. The van der Waals surface area contributed by atoms with E-state index in [2.05, 4.69) is 50.7 Å². The van der Waals surface area contributed by atoms with Crippen LogP contribution >= 0.6 is 11.3 Å². The fourth-order valence-corrected chi connectivity index (χ4v) is 6.08. The molecule has 6 rings (SSSR count). The lowest BCUT2D eigenvalue weighted by Gasteiger charge is -2.34. The summed E-state index contributed by atoms with van der Waals surface area (Å²) < 4.78 is 6.19. The van der Waals surface area contributed by atoms with Gasteiger partial charge >= 0.3 is 0 Å². The van der Waals surface area contributed by atoms with Gasteiger partial charge in [0.2, 0.25) is 11.8 Å². The maximum absolute atomic E-state index is 10.6. The highest BCUT2D eigenvalue weighted by Crippen LogP contribution is 2.44. The third-order valence-corrected chi connectivity index (χ3v) is 8.14. The minimum absolute atomic E-state index is 0.237. The smallest absolute Gasteiger partial charge is 0.230 e. The molecule has 1 aliphatic heterocycles. The van der Waals surface area contributed by atoms with Crippen molar-refractivity contribution in [3.63, 3.8) is 0 Å². The Bertz CT molecular complexity index is 1140. The number of hydrogen-bond donors (Lipinski definition) is 3. The van der Waals surface area contributed by atoms with Gasteiger partial charge in [0, 0.05) is 42.7 Å². The molecule has 2 bridgehead atoms. The number of piperidine rings is 1. The first-order valence-electron chi connectivity index (χ1n) is 11.3. The summed E-state index contributed by atoms with van der Waals surface area (Å²) in [6, 6.07) is 8.71. The van der Waals surface area contributed by atoms with Crippen LogP contribution in [-0.2, 0) is 5.60 Å². The molecule has 1 aromatic carbocycles. The fourth-order valence-electron chi connectivity index (χ4n) is 5.03. The van der Waals surface area contributed by atoms with Crippen molar-refractivity contribution in [2.24, 2.45) is 5.92 Å². The Kier molecular flexibility index (Phi) is 4.89. The first kappa shape index (κ1) is 20.1. The molecule has 0 unspecified atom stereocenters. The van der Waals surface area contributed by atoms with E-state index in [0.29, 0.717) is 23.8 Å². The molecule has 0 spiro atoms. The quantitative estimate of drug-likeness (QED) is 0.521. The van der Waals surface area contributed by atoms with Crippen LogP contribution in [0.25, 0.3) is 10.4 Å². The molecule has 8 heteroatoms. The van der Waals surface area contributed by atoms with E-state index in [9.17, 15) is 5.11 Å². The number of benzene rings is 1. The van der Waals surface area contributed by atoms with E-state index in [1.165, 1.54) is 6.42 Å². The summed E-state index contributed by atoms with van der Waals surface area (Å²) in [4.78, 5) is 14.5. The van der Waals surface area contributed by atoms with Crippen LogP contribution < -0.4 is 15.4 Å². The average molecular weight is 450 g/mol. The fraction of sp³-hybridized carbons (Fsp3) is 0.458. The summed E-state index contributed by atoms with van der Waals surface area (Å²) in [6.45, 7) is 3.11. The van der Waals surface area contributed by atoms with E-state index in [0.717, 1.165) is 58.9 Å². The van der Waals surface area contributed by atoms with Gasteiger partial charge in [-0.25, -0.2) is 9.97 Å². The highest BCUT2D eigenvalue weighted by Gasteiger charge is 2.41. The van der Waals surface area contributed by atoms with E-state index >= 15 is 0 Å². The Labute approximate surface area is 191 Å². The normalized spacial score (nSPS) is 25.5. The minimum atomic E-state index is -0.725. The van der Waals surface area contributed by atoms with Crippen molar-refractivity contribution in [3.05, 3.63) is 47.2 Å². The molecule has 2 aromatic heterocycles. The van der Waals surface area contributed by atoms with Crippen LogP contribution in [-0.4, -0.2) is 38.7 Å². The van der Waals surface area contributed by atoms with Crippen molar-refractivity contribution in [3.8, 4) is 16.3 Å². The summed E-state index contributed by atoms with van der Waals surface area (Å²) in [5.41, 5.74) is 2.39. The predicted octanol–water partition coefficient (Wildman–Crippen LogP) is 4.15. The zero-order chi connectivity index (χ0) is 21.7. The molecular weight excluding hydrogens is 422 g/mol. The zero-order valence-corrected chi connectivity index (χ0v) is 18.9. The molecule has 3 aromatic rings. The molecule has 7 nitrogen and oxygen atoms in total. The SMILES string of the molecule is Cc1cc(Nc2nccc(O[C@@H]3C[C@H]4C[C@@H]3CN4)n2)cc(-c2cnc(C3(O)CCC3)s2)c1. The molecule has 166 valence electrons. The van der Waals surface area contributed by atoms with E-state index in [4.69, 9.17) is 4.74 Å². The Morgan fingerprint density at radius 2 is 2.12 bits per heavy atom. The van der Waals surface area contributed by atoms with Crippen molar-refractivity contribution in [1.82, 2.24) is 20.3 Å². The number of fused-ring (bicyclic) bond motifs is 2. The summed E-state index contributed by atoms with van der Waals surface area (Å²) in [5, 5.41) is 18.3. The maximum Gasteiger partial charge on any atom is 0.230 e. The highest BCUT2D eigenvalue weighted by molar-refractivity contribution is 7.15. The zero-order valence-electron chi connectivity index (χ0n) is 18.0. The molecule has 3 atom stereocenters. The summed E-state index contributed by atoms with van der Waals surface area (Å²) >= 11 is 1.57. The molecule has 0 radical (unpaired) electrons. The van der Waals surface area contributed by atoms with Crippen LogP contribution in [0, 0.1) is 12.8 Å². The summed E-state index contributed by atoms with van der Waals surface area (Å²) in [7, 11) is 0. The van der Waals surface area contributed by atoms with E-state index in [1.807, 2.05) is 12.3 Å². The van der Waals surface area contributed by atoms with Gasteiger partial charge in [0.1, 0.15) is 16.7 Å². The lowest BCUT2D eigenvalue weighted by Crippen LogP contribution is -2.35. The van der Waals surface area contributed by atoms with Gasteiger partial charge in [-0.15, -0.1) is 11.3 Å². The maximum atomic E-state index is 10.6. The number of nitrogens with one attached hydrogen (secondary N) is 2. The first-order chi connectivity index (χ1) is 15.5. The standard InChI is InChI=1S/C24H27N5O2S/c1-14-7-15(20-13-27-22(32-20)24(30)4-2-5-24)9-18(8-14)28-23-25-6-3-21(29-23)31-19-11-17-10-16(19)12-26-17/h3,6-9,13,16-17,19,26,30H,2,4-5,10-12H2,1H3,(H,25,28,29)/t16-,17-,19-/m1/s1. The third kappa shape index (κ3) is 3.76. The molecule has 32 heavy (non-hydrogen) atoms. The van der Waals surface area contributed by atoms with E-state index < -0.39 is 5.60 Å². The second-order valence-electron chi connectivity index (χ2n) is 9.34. The van der Waals surface area contributed by atoms with Gasteiger partial charge in [-0.3, -0.25) is 0 Å². The topological polar surface area (TPSA) is 92.2 Å². The summed E-state index contributed by atoms with van der Waals surface area (Å²) in [5.74, 6) is 1.72. The first-order valence-corrected chi connectivity index (χ1v) is 12.2. The van der Waals surface area contributed by atoms with Gasteiger partial charge in [0.15, 0.2) is 0 Å². The molecule has 0 amide bonds. The van der Waals surface area contributed by atoms with Gasteiger partial charge in [-0.05, 0) is 62.3 Å². The van der Waals surface area contributed by atoms with Crippen molar-refractivity contribution in [1.29, 1.82) is 0 Å². The Balaban J connectivity index is 1.20. The Morgan fingerprint density at radius 3 is 2.88 bits per heavy atom.